The number of thioether (sulfide) groups is 1. The van der Waals surface area contributed by atoms with E-state index in [0.717, 1.165) is 43.4 Å². The molecule has 0 unspecified atom stereocenters. The third-order valence-corrected chi connectivity index (χ3v) is 13.4. The summed E-state index contributed by atoms with van der Waals surface area (Å²) in [6.07, 6.45) is 8.34. The van der Waals surface area contributed by atoms with E-state index >= 15 is 0 Å². The Kier molecular flexibility index (Phi) is 6.30. The molecule has 4 fully saturated rings. The number of esters is 1. The largest absolute Gasteiger partial charge is 0.458 e. The van der Waals surface area contributed by atoms with E-state index < -0.39 is 17.1 Å². The highest BCUT2D eigenvalue weighted by molar-refractivity contribution is 8.00. The zero-order valence-electron chi connectivity index (χ0n) is 22.6. The van der Waals surface area contributed by atoms with Crippen molar-refractivity contribution >= 4 is 23.5 Å². The molecule has 6 nitrogen and oxygen atoms in total. The third kappa shape index (κ3) is 3.36. The fourth-order valence-corrected chi connectivity index (χ4v) is 11.7. The molecule has 204 valence electrons. The summed E-state index contributed by atoms with van der Waals surface area (Å²) in [7, 11) is 0. The van der Waals surface area contributed by atoms with Crippen LogP contribution in [0.4, 0.5) is 0 Å². The predicted octanol–water partition coefficient (Wildman–Crippen LogP) is 4.09. The Balaban J connectivity index is 1.31. The Morgan fingerprint density at radius 1 is 1.19 bits per heavy atom. The van der Waals surface area contributed by atoms with Crippen molar-refractivity contribution in [2.75, 3.05) is 19.0 Å². The second-order valence-electron chi connectivity index (χ2n) is 13.1. The molecule has 1 spiro atoms. The van der Waals surface area contributed by atoms with Gasteiger partial charge in [-0.05, 0) is 93.1 Å². The van der Waals surface area contributed by atoms with Crippen LogP contribution in [0, 0.1) is 40.4 Å². The van der Waals surface area contributed by atoms with Gasteiger partial charge in [0, 0.05) is 17.4 Å². The van der Waals surface area contributed by atoms with Crippen LogP contribution in [0.15, 0.2) is 23.3 Å². The first-order valence-corrected chi connectivity index (χ1v) is 15.3. The molecule has 0 aromatic heterocycles. The minimum absolute atomic E-state index is 0.110. The van der Waals surface area contributed by atoms with Gasteiger partial charge in [0.1, 0.15) is 17.8 Å². The maximum atomic E-state index is 13.7. The topological polar surface area (TPSA) is 93.1 Å². The number of allylic oxidation sites excluding steroid dienone is 1. The molecule has 0 amide bonds. The van der Waals surface area contributed by atoms with Gasteiger partial charge in [0.15, 0.2) is 5.78 Å². The smallest absolute Gasteiger partial charge is 0.336 e. The van der Waals surface area contributed by atoms with Crippen molar-refractivity contribution in [1.82, 2.24) is 0 Å². The van der Waals surface area contributed by atoms with Gasteiger partial charge in [0.25, 0.3) is 0 Å². The molecule has 2 heterocycles. The molecule has 0 aromatic rings. The third-order valence-electron chi connectivity index (χ3n) is 12.1. The number of cyclic esters (lactones) is 1. The van der Waals surface area contributed by atoms with Crippen molar-refractivity contribution in [3.05, 3.63) is 23.3 Å². The lowest BCUT2D eigenvalue weighted by Crippen LogP contribution is -2.75. The van der Waals surface area contributed by atoms with E-state index in [9.17, 15) is 19.8 Å². The lowest BCUT2D eigenvalue weighted by Gasteiger charge is -2.67. The minimum atomic E-state index is -0.827. The molecule has 6 aliphatic rings. The molecule has 3 saturated carbocycles. The van der Waals surface area contributed by atoms with Crippen LogP contribution in [0.25, 0.3) is 0 Å². The molecule has 0 radical (unpaired) electrons. The Morgan fingerprint density at radius 2 is 1.97 bits per heavy atom. The fraction of sp³-hybridized carbons (Fsp3) is 0.800. The average molecular weight is 531 g/mol. The van der Waals surface area contributed by atoms with Gasteiger partial charge in [0.2, 0.25) is 0 Å². The van der Waals surface area contributed by atoms with Crippen LogP contribution in [0.2, 0.25) is 0 Å². The standard InChI is InChI=1S/C30H42O6S/c1-16-13-23(36-27(34)19(16)15-31)17(2)20-5-6-21-18-14-26-30(35-11-12-37-26)25(33)8-7-24(32)29(30,4)22(18)9-10-28(20,21)3/h7-8,17-18,20-23,25-26,31,33H,5-6,9-15H2,1-4H3/t17-,18-,20+,21-,22-,23+,25-,26-,28+,29-,30+/m0/s1. The SMILES string of the molecule is CC1=C(CO)C(=O)O[C@@H]([C@@H](C)[C@H]2CC[C@H]3[C@@H]4C[C@@H]5SCCO[C@]56[C@@H](O)C=CC(=O)[C@]6(C)[C@H]4CC[C@]23C)C1. The van der Waals surface area contributed by atoms with E-state index in [0.29, 0.717) is 36.4 Å². The molecule has 6 rings (SSSR count). The van der Waals surface area contributed by atoms with Gasteiger partial charge in [-0.25, -0.2) is 4.79 Å². The Hall–Kier alpha value is -1.15. The number of ketones is 1. The van der Waals surface area contributed by atoms with E-state index in [4.69, 9.17) is 9.47 Å². The molecule has 4 aliphatic carbocycles. The minimum Gasteiger partial charge on any atom is -0.458 e. The van der Waals surface area contributed by atoms with Crippen LogP contribution in [0.1, 0.15) is 66.2 Å². The van der Waals surface area contributed by atoms with Crippen LogP contribution < -0.4 is 0 Å². The van der Waals surface area contributed by atoms with Gasteiger partial charge in [0.05, 0.1) is 24.2 Å². The second-order valence-corrected chi connectivity index (χ2v) is 14.4. The molecule has 1 saturated heterocycles. The predicted molar refractivity (Wildman–Crippen MR) is 142 cm³/mol. The molecule has 0 bridgehead atoms. The van der Waals surface area contributed by atoms with Crippen molar-refractivity contribution in [2.45, 2.75) is 89.3 Å². The van der Waals surface area contributed by atoms with Crippen LogP contribution in [0.5, 0.6) is 0 Å². The van der Waals surface area contributed by atoms with Crippen molar-refractivity contribution < 1.29 is 29.3 Å². The van der Waals surface area contributed by atoms with E-state index in [1.165, 1.54) is 0 Å². The highest BCUT2D eigenvalue weighted by Gasteiger charge is 2.73. The Labute approximate surface area is 224 Å². The normalized spacial score (nSPS) is 50.1. The molecule has 0 aromatic carbocycles. The summed E-state index contributed by atoms with van der Waals surface area (Å²) >= 11 is 1.90. The number of aliphatic hydroxyl groups is 2. The highest BCUT2D eigenvalue weighted by atomic mass is 32.2. The fourth-order valence-electron chi connectivity index (χ4n) is 10.2. The van der Waals surface area contributed by atoms with Gasteiger partial charge >= 0.3 is 5.97 Å². The van der Waals surface area contributed by atoms with Crippen LogP contribution in [-0.2, 0) is 19.1 Å². The maximum Gasteiger partial charge on any atom is 0.336 e. The number of rotatable bonds is 3. The first kappa shape index (κ1) is 26.1. The molecular formula is C30H42O6S. The Bertz CT molecular complexity index is 1050. The average Bonchev–Trinajstić information content (AvgIpc) is 3.23. The summed E-state index contributed by atoms with van der Waals surface area (Å²) in [5.74, 6) is 2.48. The van der Waals surface area contributed by atoms with E-state index in [1.807, 2.05) is 18.7 Å². The molecule has 7 heteroatoms. The van der Waals surface area contributed by atoms with Gasteiger partial charge in [-0.2, -0.15) is 11.8 Å². The quantitative estimate of drug-likeness (QED) is 0.531. The second kappa shape index (κ2) is 8.94. The number of hydrogen-bond acceptors (Lipinski definition) is 7. The van der Waals surface area contributed by atoms with Crippen molar-refractivity contribution in [1.29, 1.82) is 0 Å². The summed E-state index contributed by atoms with van der Waals surface area (Å²) in [6.45, 7) is 9.08. The molecule has 11 atom stereocenters. The molecule has 2 aliphatic heterocycles. The monoisotopic (exact) mass is 530 g/mol. The summed E-state index contributed by atoms with van der Waals surface area (Å²) in [5, 5.41) is 21.0. The molecule has 2 N–H and O–H groups in total. The number of carbonyl (C=O) groups is 2. The first-order chi connectivity index (χ1) is 17.6. The summed E-state index contributed by atoms with van der Waals surface area (Å²) in [4.78, 5) is 26.3. The van der Waals surface area contributed by atoms with Crippen LogP contribution in [0.3, 0.4) is 0 Å². The van der Waals surface area contributed by atoms with Gasteiger partial charge < -0.3 is 19.7 Å². The molecular weight excluding hydrogens is 488 g/mol. The summed E-state index contributed by atoms with van der Waals surface area (Å²) < 4.78 is 12.4. The summed E-state index contributed by atoms with van der Waals surface area (Å²) in [6, 6.07) is 0. The van der Waals surface area contributed by atoms with Crippen LogP contribution in [-0.4, -0.2) is 64.0 Å². The van der Waals surface area contributed by atoms with E-state index in [1.54, 1.807) is 12.2 Å². The zero-order valence-corrected chi connectivity index (χ0v) is 23.4. The highest BCUT2D eigenvalue weighted by Crippen LogP contribution is 2.70. The van der Waals surface area contributed by atoms with Crippen LogP contribution >= 0.6 is 11.8 Å². The van der Waals surface area contributed by atoms with E-state index in [-0.39, 0.29) is 47.0 Å². The lowest BCUT2D eigenvalue weighted by molar-refractivity contribution is -0.235. The summed E-state index contributed by atoms with van der Waals surface area (Å²) in [5.41, 5.74) is -0.0440. The number of carbonyl (C=O) groups excluding carboxylic acids is 2. The van der Waals surface area contributed by atoms with Crippen molar-refractivity contribution in [3.63, 3.8) is 0 Å². The number of fused-ring (bicyclic) bond motifs is 4. The van der Waals surface area contributed by atoms with E-state index in [2.05, 4.69) is 20.8 Å². The number of aliphatic hydroxyl groups excluding tert-OH is 2. The Morgan fingerprint density at radius 3 is 2.70 bits per heavy atom. The number of hydrogen-bond donors (Lipinski definition) is 2. The van der Waals surface area contributed by atoms with Crippen molar-refractivity contribution in [3.8, 4) is 0 Å². The lowest BCUT2D eigenvalue weighted by atomic mass is 9.42. The number of ether oxygens (including phenoxy) is 2. The van der Waals surface area contributed by atoms with Crippen molar-refractivity contribution in [2.24, 2.45) is 40.4 Å². The zero-order chi connectivity index (χ0) is 26.3. The van der Waals surface area contributed by atoms with Gasteiger partial charge in [-0.15, -0.1) is 0 Å². The molecule has 37 heavy (non-hydrogen) atoms. The van der Waals surface area contributed by atoms with Gasteiger partial charge in [-0.3, -0.25) is 4.79 Å². The maximum absolute atomic E-state index is 13.7. The van der Waals surface area contributed by atoms with Gasteiger partial charge in [-0.1, -0.05) is 19.4 Å². The first-order valence-electron chi connectivity index (χ1n) is 14.3.